The monoisotopic (exact) mass is 456 g/mol. The number of rotatable bonds is 11. The average Bonchev–Trinajstić information content (AvgIpc) is 2.99. The molecule has 0 saturated heterocycles. The first-order valence-corrected chi connectivity index (χ1v) is 10.3. The number of allylic oxidation sites excluding steroid dienone is 2. The molecule has 0 radical (unpaired) electrons. The van der Waals surface area contributed by atoms with E-state index in [1.165, 1.54) is 24.3 Å². The summed E-state index contributed by atoms with van der Waals surface area (Å²) in [7, 11) is 0. The van der Waals surface area contributed by atoms with Gasteiger partial charge >= 0.3 is 12.1 Å². The van der Waals surface area contributed by atoms with Crippen LogP contribution in [0.1, 0.15) is 37.7 Å². The SMILES string of the molecule is O=C(O)CCCC=CCC1C(O)CC(O)C1C=CC(=O)COc1cccc(C(F)(F)F)c1. The Morgan fingerprint density at radius 2 is 1.91 bits per heavy atom. The smallest absolute Gasteiger partial charge is 0.416 e. The van der Waals surface area contributed by atoms with E-state index in [0.717, 1.165) is 12.1 Å². The van der Waals surface area contributed by atoms with E-state index >= 15 is 0 Å². The van der Waals surface area contributed by atoms with Crippen LogP contribution in [0.4, 0.5) is 13.2 Å². The number of carboxylic acid groups (broad SMARTS) is 1. The van der Waals surface area contributed by atoms with Crippen LogP contribution >= 0.6 is 0 Å². The van der Waals surface area contributed by atoms with Crippen LogP contribution in [0.2, 0.25) is 0 Å². The van der Waals surface area contributed by atoms with Gasteiger partial charge in [-0.3, -0.25) is 9.59 Å². The molecule has 1 aliphatic carbocycles. The van der Waals surface area contributed by atoms with E-state index in [-0.39, 0.29) is 24.5 Å². The lowest BCUT2D eigenvalue weighted by Crippen LogP contribution is -2.20. The first-order valence-electron chi connectivity index (χ1n) is 10.3. The molecule has 1 aliphatic rings. The van der Waals surface area contributed by atoms with Crippen molar-refractivity contribution in [1.29, 1.82) is 0 Å². The van der Waals surface area contributed by atoms with Crippen molar-refractivity contribution in [3.63, 3.8) is 0 Å². The maximum atomic E-state index is 12.7. The fourth-order valence-corrected chi connectivity index (χ4v) is 3.63. The van der Waals surface area contributed by atoms with Gasteiger partial charge in [-0.1, -0.05) is 24.3 Å². The van der Waals surface area contributed by atoms with Gasteiger partial charge in [-0.25, -0.2) is 0 Å². The predicted molar refractivity (Wildman–Crippen MR) is 110 cm³/mol. The maximum absolute atomic E-state index is 12.7. The van der Waals surface area contributed by atoms with E-state index in [1.807, 2.05) is 12.2 Å². The Morgan fingerprint density at radius 1 is 1.16 bits per heavy atom. The molecule has 0 aromatic heterocycles. The van der Waals surface area contributed by atoms with Crippen molar-refractivity contribution in [2.24, 2.45) is 11.8 Å². The Kier molecular flexibility index (Phi) is 9.46. The molecule has 2 rings (SSSR count). The third kappa shape index (κ3) is 8.12. The van der Waals surface area contributed by atoms with Gasteiger partial charge in [-0.2, -0.15) is 13.2 Å². The summed E-state index contributed by atoms with van der Waals surface area (Å²) in [5, 5.41) is 29.0. The normalized spacial score (nSPS) is 23.8. The van der Waals surface area contributed by atoms with Gasteiger partial charge in [0, 0.05) is 18.8 Å². The summed E-state index contributed by atoms with van der Waals surface area (Å²) in [6.45, 7) is -0.461. The second-order valence-corrected chi connectivity index (χ2v) is 7.74. The molecule has 1 saturated carbocycles. The van der Waals surface area contributed by atoms with Crippen molar-refractivity contribution in [2.75, 3.05) is 6.61 Å². The number of ether oxygens (including phenoxy) is 1. The van der Waals surface area contributed by atoms with Crippen molar-refractivity contribution < 1.29 is 42.8 Å². The van der Waals surface area contributed by atoms with Crippen molar-refractivity contribution in [1.82, 2.24) is 0 Å². The van der Waals surface area contributed by atoms with Crippen LogP contribution in [0.15, 0.2) is 48.6 Å². The number of unbranched alkanes of at least 4 members (excludes halogenated alkanes) is 1. The quantitative estimate of drug-likeness (QED) is 0.266. The van der Waals surface area contributed by atoms with E-state index in [0.29, 0.717) is 19.3 Å². The maximum Gasteiger partial charge on any atom is 0.416 e. The van der Waals surface area contributed by atoms with Crippen LogP contribution in [0.5, 0.6) is 5.75 Å². The summed E-state index contributed by atoms with van der Waals surface area (Å²) >= 11 is 0. The lowest BCUT2D eigenvalue weighted by molar-refractivity contribution is -0.138. The summed E-state index contributed by atoms with van der Waals surface area (Å²) in [6.07, 6.45) is 2.07. The number of aliphatic hydroxyl groups excluding tert-OH is 2. The number of carbonyl (C=O) groups is 2. The van der Waals surface area contributed by atoms with Crippen molar-refractivity contribution in [3.05, 3.63) is 54.1 Å². The molecule has 0 spiro atoms. The third-order valence-corrected chi connectivity index (χ3v) is 5.30. The van der Waals surface area contributed by atoms with Crippen LogP contribution in [-0.2, 0) is 15.8 Å². The fraction of sp³-hybridized carbons (Fsp3) is 0.478. The largest absolute Gasteiger partial charge is 0.485 e. The number of aliphatic carboxylic acids is 1. The van der Waals surface area contributed by atoms with E-state index in [1.54, 1.807) is 0 Å². The number of benzene rings is 1. The molecule has 32 heavy (non-hydrogen) atoms. The zero-order valence-electron chi connectivity index (χ0n) is 17.4. The molecule has 0 aliphatic heterocycles. The molecule has 0 heterocycles. The minimum atomic E-state index is -4.51. The Bertz CT molecular complexity index is 833. The van der Waals surface area contributed by atoms with E-state index in [4.69, 9.17) is 9.84 Å². The number of ketones is 1. The van der Waals surface area contributed by atoms with Crippen molar-refractivity contribution >= 4 is 11.8 Å². The molecule has 9 heteroatoms. The molecule has 1 fully saturated rings. The summed E-state index contributed by atoms with van der Waals surface area (Å²) in [4.78, 5) is 22.6. The Balaban J connectivity index is 1.88. The van der Waals surface area contributed by atoms with Gasteiger partial charge in [-0.05, 0) is 49.5 Å². The van der Waals surface area contributed by atoms with Gasteiger partial charge in [0.05, 0.1) is 17.8 Å². The second-order valence-electron chi connectivity index (χ2n) is 7.74. The minimum absolute atomic E-state index is 0.0746. The highest BCUT2D eigenvalue weighted by Gasteiger charge is 2.39. The summed E-state index contributed by atoms with van der Waals surface area (Å²) in [5.41, 5.74) is -0.875. The zero-order valence-corrected chi connectivity index (χ0v) is 17.4. The molecular weight excluding hydrogens is 429 g/mol. The highest BCUT2D eigenvalue weighted by molar-refractivity contribution is 5.91. The van der Waals surface area contributed by atoms with Crippen LogP contribution in [-0.4, -0.2) is 45.9 Å². The van der Waals surface area contributed by atoms with E-state index in [2.05, 4.69) is 0 Å². The predicted octanol–water partition coefficient (Wildman–Crippen LogP) is 3.77. The Morgan fingerprint density at radius 3 is 2.59 bits per heavy atom. The molecule has 6 nitrogen and oxygen atoms in total. The zero-order chi connectivity index (χ0) is 23.7. The molecule has 176 valence electrons. The van der Waals surface area contributed by atoms with Gasteiger partial charge in [0.2, 0.25) is 0 Å². The minimum Gasteiger partial charge on any atom is -0.485 e. The van der Waals surface area contributed by atoms with E-state index < -0.39 is 48.2 Å². The number of hydrogen-bond acceptors (Lipinski definition) is 5. The number of aliphatic hydroxyl groups is 2. The lowest BCUT2D eigenvalue weighted by Gasteiger charge is -2.19. The standard InChI is InChI=1S/C23H27F3O6/c24-23(25,26)15-6-5-7-17(12-15)32-14-16(27)10-11-19-18(20(28)13-21(19)29)8-3-1-2-4-9-22(30)31/h1,3,5-7,10-12,18-21,28-29H,2,4,8-9,13-14H2,(H,30,31). The number of hydrogen-bond donors (Lipinski definition) is 3. The van der Waals surface area contributed by atoms with Gasteiger partial charge in [-0.15, -0.1) is 0 Å². The molecule has 1 aromatic carbocycles. The van der Waals surface area contributed by atoms with Gasteiger partial charge in [0.15, 0.2) is 12.4 Å². The Labute approximate surface area is 184 Å². The van der Waals surface area contributed by atoms with Crippen molar-refractivity contribution in [2.45, 2.75) is 50.5 Å². The summed E-state index contributed by atoms with van der Waals surface area (Å²) in [5.74, 6) is -2.21. The second kappa shape index (κ2) is 11.8. The summed E-state index contributed by atoms with van der Waals surface area (Å²) in [6, 6.07) is 4.23. The highest BCUT2D eigenvalue weighted by Crippen LogP contribution is 2.36. The number of alkyl halides is 3. The topological polar surface area (TPSA) is 104 Å². The molecule has 4 atom stereocenters. The van der Waals surface area contributed by atoms with Gasteiger partial charge < -0.3 is 20.1 Å². The number of carbonyl (C=O) groups excluding carboxylic acids is 1. The molecule has 4 unspecified atom stereocenters. The highest BCUT2D eigenvalue weighted by atomic mass is 19.4. The Hall–Kier alpha value is -2.65. The molecule has 0 amide bonds. The van der Waals surface area contributed by atoms with Crippen LogP contribution in [0.3, 0.4) is 0 Å². The van der Waals surface area contributed by atoms with Crippen LogP contribution in [0.25, 0.3) is 0 Å². The number of carboxylic acids is 1. The first kappa shape index (κ1) is 25.6. The van der Waals surface area contributed by atoms with E-state index in [9.17, 15) is 33.0 Å². The van der Waals surface area contributed by atoms with Gasteiger partial charge in [0.25, 0.3) is 0 Å². The molecule has 1 aromatic rings. The number of halogens is 3. The average molecular weight is 456 g/mol. The lowest BCUT2D eigenvalue weighted by atomic mass is 9.89. The molecule has 0 bridgehead atoms. The van der Waals surface area contributed by atoms with Crippen molar-refractivity contribution in [3.8, 4) is 5.75 Å². The first-order chi connectivity index (χ1) is 15.1. The van der Waals surface area contributed by atoms with Gasteiger partial charge in [0.1, 0.15) is 5.75 Å². The van der Waals surface area contributed by atoms with Crippen LogP contribution in [0, 0.1) is 11.8 Å². The summed E-state index contributed by atoms with van der Waals surface area (Å²) < 4.78 is 43.4. The third-order valence-electron chi connectivity index (χ3n) is 5.30. The van der Waals surface area contributed by atoms with Crippen LogP contribution < -0.4 is 4.74 Å². The molecule has 3 N–H and O–H groups in total. The molecular formula is C23H27F3O6. The fourth-order valence-electron chi connectivity index (χ4n) is 3.63.